The number of nitrogens with zero attached hydrogens (tertiary/aromatic N) is 1. The minimum absolute atomic E-state index is 0.562. The molecule has 0 atom stereocenters. The Morgan fingerprint density at radius 3 is 2.75 bits per heavy atom. The van der Waals surface area contributed by atoms with Crippen LogP contribution in [0.4, 0.5) is 5.69 Å². The standard InChI is InChI=1S/C16H17BrN2O/c1-10-14(18)9-19-16(15(10)17)20-13-7-6-11-4-2-3-5-12(11)8-13/h6-9H,2-5,18H2,1H3. The van der Waals surface area contributed by atoms with Gasteiger partial charge in [-0.2, -0.15) is 0 Å². The molecular formula is C16H17BrN2O. The van der Waals surface area contributed by atoms with Crippen LogP contribution in [0.5, 0.6) is 11.6 Å². The van der Waals surface area contributed by atoms with Crippen molar-refractivity contribution in [1.29, 1.82) is 0 Å². The maximum atomic E-state index is 5.90. The van der Waals surface area contributed by atoms with Crippen LogP contribution in [0.25, 0.3) is 0 Å². The van der Waals surface area contributed by atoms with Crippen LogP contribution in [0, 0.1) is 6.92 Å². The predicted molar refractivity (Wildman–Crippen MR) is 84.2 cm³/mol. The predicted octanol–water partition coefficient (Wildman–Crippen LogP) is 4.41. The van der Waals surface area contributed by atoms with Gasteiger partial charge in [-0.25, -0.2) is 4.98 Å². The SMILES string of the molecule is Cc1c(N)cnc(Oc2ccc3c(c2)CCCC3)c1Br. The molecular weight excluding hydrogens is 316 g/mol. The van der Waals surface area contributed by atoms with E-state index >= 15 is 0 Å². The second-order valence-electron chi connectivity index (χ2n) is 5.20. The van der Waals surface area contributed by atoms with Crippen LogP contribution in [0.3, 0.4) is 0 Å². The molecule has 1 aromatic heterocycles. The Hall–Kier alpha value is -1.55. The molecule has 0 saturated heterocycles. The number of aryl methyl sites for hydroxylation is 2. The number of hydrogen-bond donors (Lipinski definition) is 1. The molecule has 3 nitrogen and oxygen atoms in total. The summed E-state index contributed by atoms with van der Waals surface area (Å²) in [4.78, 5) is 4.25. The van der Waals surface area contributed by atoms with Gasteiger partial charge in [0, 0.05) is 0 Å². The molecule has 2 aromatic rings. The molecule has 3 rings (SSSR count). The number of nitrogens with two attached hydrogens (primary N) is 1. The number of hydrogen-bond acceptors (Lipinski definition) is 3. The van der Waals surface area contributed by atoms with Gasteiger partial charge in [0.15, 0.2) is 0 Å². The van der Waals surface area contributed by atoms with Crippen molar-refractivity contribution in [3.63, 3.8) is 0 Å². The summed E-state index contributed by atoms with van der Waals surface area (Å²) in [5, 5.41) is 0. The number of aromatic nitrogens is 1. The van der Waals surface area contributed by atoms with Gasteiger partial charge in [0.1, 0.15) is 5.75 Å². The van der Waals surface area contributed by atoms with E-state index in [0.717, 1.165) is 22.2 Å². The molecule has 0 radical (unpaired) electrons. The average Bonchev–Trinajstić information content (AvgIpc) is 2.48. The number of halogens is 1. The summed E-state index contributed by atoms with van der Waals surface area (Å²) in [7, 11) is 0. The molecule has 2 N–H and O–H groups in total. The zero-order valence-corrected chi connectivity index (χ0v) is 13.0. The van der Waals surface area contributed by atoms with Gasteiger partial charge in [-0.05, 0) is 77.4 Å². The van der Waals surface area contributed by atoms with Crippen molar-refractivity contribution in [1.82, 2.24) is 4.98 Å². The molecule has 1 aromatic carbocycles. The van der Waals surface area contributed by atoms with Gasteiger partial charge >= 0.3 is 0 Å². The molecule has 1 heterocycles. The highest BCUT2D eigenvalue weighted by molar-refractivity contribution is 9.10. The molecule has 104 valence electrons. The van der Waals surface area contributed by atoms with Crippen LogP contribution in [-0.4, -0.2) is 4.98 Å². The number of pyridine rings is 1. The molecule has 0 bridgehead atoms. The zero-order chi connectivity index (χ0) is 14.1. The van der Waals surface area contributed by atoms with E-state index in [1.165, 1.54) is 30.4 Å². The lowest BCUT2D eigenvalue weighted by atomic mass is 9.92. The third-order valence-electron chi connectivity index (χ3n) is 3.81. The Bertz CT molecular complexity index is 655. The van der Waals surface area contributed by atoms with Crippen LogP contribution in [0.1, 0.15) is 29.5 Å². The quantitative estimate of drug-likeness (QED) is 0.886. The minimum Gasteiger partial charge on any atom is -0.438 e. The van der Waals surface area contributed by atoms with E-state index in [1.54, 1.807) is 6.20 Å². The van der Waals surface area contributed by atoms with Crippen LogP contribution in [0.2, 0.25) is 0 Å². The smallest absolute Gasteiger partial charge is 0.233 e. The number of benzene rings is 1. The summed E-state index contributed by atoms with van der Waals surface area (Å²) < 4.78 is 6.71. The Morgan fingerprint density at radius 2 is 1.95 bits per heavy atom. The molecule has 0 fully saturated rings. The van der Waals surface area contributed by atoms with E-state index in [1.807, 2.05) is 13.0 Å². The van der Waals surface area contributed by atoms with Gasteiger partial charge < -0.3 is 10.5 Å². The fourth-order valence-electron chi connectivity index (χ4n) is 2.52. The fraction of sp³-hybridized carbons (Fsp3) is 0.312. The van der Waals surface area contributed by atoms with Gasteiger partial charge in [-0.3, -0.25) is 0 Å². The second-order valence-corrected chi connectivity index (χ2v) is 5.99. The molecule has 0 saturated carbocycles. The van der Waals surface area contributed by atoms with Crippen LogP contribution in [-0.2, 0) is 12.8 Å². The molecule has 0 aliphatic heterocycles. The highest BCUT2D eigenvalue weighted by Crippen LogP contribution is 2.34. The van der Waals surface area contributed by atoms with Crippen LogP contribution in [0.15, 0.2) is 28.9 Å². The number of fused-ring (bicyclic) bond motifs is 1. The summed E-state index contributed by atoms with van der Waals surface area (Å²) in [5.74, 6) is 1.40. The van der Waals surface area contributed by atoms with Crippen molar-refractivity contribution in [3.05, 3.63) is 45.6 Å². The minimum atomic E-state index is 0.562. The Balaban J connectivity index is 1.90. The lowest BCUT2D eigenvalue weighted by Gasteiger charge is -2.17. The van der Waals surface area contributed by atoms with Crippen molar-refractivity contribution < 1.29 is 4.74 Å². The number of anilines is 1. The van der Waals surface area contributed by atoms with Crippen LogP contribution >= 0.6 is 15.9 Å². The van der Waals surface area contributed by atoms with E-state index in [-0.39, 0.29) is 0 Å². The molecule has 0 spiro atoms. The van der Waals surface area contributed by atoms with Gasteiger partial charge in [0.05, 0.1) is 16.4 Å². The van der Waals surface area contributed by atoms with Gasteiger partial charge in [-0.1, -0.05) is 6.07 Å². The monoisotopic (exact) mass is 332 g/mol. The van der Waals surface area contributed by atoms with Crippen molar-refractivity contribution in [2.75, 3.05) is 5.73 Å². The fourth-order valence-corrected chi connectivity index (χ4v) is 2.94. The third-order valence-corrected chi connectivity index (χ3v) is 4.74. The number of rotatable bonds is 2. The lowest BCUT2D eigenvalue weighted by Crippen LogP contribution is -2.02. The first kappa shape index (κ1) is 13.4. The molecule has 4 heteroatoms. The largest absolute Gasteiger partial charge is 0.438 e. The highest BCUT2D eigenvalue weighted by Gasteiger charge is 2.13. The summed E-state index contributed by atoms with van der Waals surface area (Å²) in [6, 6.07) is 6.32. The van der Waals surface area contributed by atoms with Gasteiger partial charge in [0.25, 0.3) is 0 Å². The third kappa shape index (κ3) is 2.52. The Labute approximate surface area is 127 Å². The van der Waals surface area contributed by atoms with E-state index in [0.29, 0.717) is 11.6 Å². The van der Waals surface area contributed by atoms with E-state index in [4.69, 9.17) is 10.5 Å². The topological polar surface area (TPSA) is 48.1 Å². The molecule has 0 amide bonds. The summed E-state index contributed by atoms with van der Waals surface area (Å²) >= 11 is 3.50. The average molecular weight is 333 g/mol. The Kier molecular flexibility index (Phi) is 3.66. The molecule has 1 aliphatic rings. The zero-order valence-electron chi connectivity index (χ0n) is 11.4. The maximum Gasteiger partial charge on any atom is 0.233 e. The second kappa shape index (κ2) is 5.44. The summed E-state index contributed by atoms with van der Waals surface area (Å²) in [6.45, 7) is 1.95. The molecule has 0 unspecified atom stereocenters. The van der Waals surface area contributed by atoms with E-state index in [2.05, 4.69) is 33.0 Å². The molecule has 20 heavy (non-hydrogen) atoms. The van der Waals surface area contributed by atoms with Crippen LogP contribution < -0.4 is 10.5 Å². The highest BCUT2D eigenvalue weighted by atomic mass is 79.9. The number of nitrogen functional groups attached to an aromatic ring is 1. The van der Waals surface area contributed by atoms with Gasteiger partial charge in [0.2, 0.25) is 5.88 Å². The lowest BCUT2D eigenvalue weighted by molar-refractivity contribution is 0.457. The van der Waals surface area contributed by atoms with Crippen molar-refractivity contribution in [2.45, 2.75) is 32.6 Å². The first-order chi connectivity index (χ1) is 9.65. The summed E-state index contributed by atoms with van der Waals surface area (Å²) in [6.07, 6.45) is 6.51. The first-order valence-corrected chi connectivity index (χ1v) is 7.64. The van der Waals surface area contributed by atoms with Crippen molar-refractivity contribution in [3.8, 4) is 11.6 Å². The van der Waals surface area contributed by atoms with E-state index < -0.39 is 0 Å². The first-order valence-electron chi connectivity index (χ1n) is 6.85. The van der Waals surface area contributed by atoms with Crippen molar-refractivity contribution >= 4 is 21.6 Å². The molecule has 1 aliphatic carbocycles. The summed E-state index contributed by atoms with van der Waals surface area (Å²) in [5.41, 5.74) is 10.3. The number of ether oxygens (including phenoxy) is 1. The Morgan fingerprint density at radius 1 is 1.20 bits per heavy atom. The van der Waals surface area contributed by atoms with Crippen molar-refractivity contribution in [2.24, 2.45) is 0 Å². The van der Waals surface area contributed by atoms with E-state index in [9.17, 15) is 0 Å². The normalized spacial score (nSPS) is 13.9. The van der Waals surface area contributed by atoms with Gasteiger partial charge in [-0.15, -0.1) is 0 Å². The maximum absolute atomic E-state index is 5.90.